The summed E-state index contributed by atoms with van der Waals surface area (Å²) < 4.78 is 11.0. The van der Waals surface area contributed by atoms with Crippen LogP contribution in [-0.2, 0) is 9.47 Å². The second-order valence-corrected chi connectivity index (χ2v) is 5.25. The van der Waals surface area contributed by atoms with E-state index in [9.17, 15) is 0 Å². The summed E-state index contributed by atoms with van der Waals surface area (Å²) in [5.41, 5.74) is 1.52. The zero-order valence-electron chi connectivity index (χ0n) is 11.0. The minimum Gasteiger partial charge on any atom is -0.380 e. The Morgan fingerprint density at radius 2 is 2.29 bits per heavy atom. The Kier molecular flexibility index (Phi) is 4.56. The topological polar surface area (TPSA) is 33.7 Å². The fraction of sp³-hybridized carbons (Fsp3) is 0.846. The molecular weight excluding hydrogens is 216 g/mol. The van der Waals surface area contributed by atoms with Crippen molar-refractivity contribution in [2.24, 2.45) is 0 Å². The molecule has 17 heavy (non-hydrogen) atoms. The van der Waals surface area contributed by atoms with Crippen molar-refractivity contribution in [3.63, 3.8) is 0 Å². The largest absolute Gasteiger partial charge is 0.380 e. The van der Waals surface area contributed by atoms with E-state index < -0.39 is 0 Å². The van der Waals surface area contributed by atoms with Crippen molar-refractivity contribution in [1.29, 1.82) is 0 Å². The highest BCUT2D eigenvalue weighted by Gasteiger charge is 2.32. The van der Waals surface area contributed by atoms with Gasteiger partial charge in [0.05, 0.1) is 18.8 Å². The van der Waals surface area contributed by atoms with Gasteiger partial charge in [0.15, 0.2) is 0 Å². The molecular formula is C13H24N2O2. The van der Waals surface area contributed by atoms with Crippen molar-refractivity contribution in [3.05, 3.63) is 11.6 Å². The molecule has 0 radical (unpaired) electrons. The van der Waals surface area contributed by atoms with Crippen molar-refractivity contribution >= 4 is 0 Å². The third-order valence-corrected chi connectivity index (χ3v) is 3.57. The molecule has 1 fully saturated rings. The van der Waals surface area contributed by atoms with Gasteiger partial charge in [0, 0.05) is 39.8 Å². The van der Waals surface area contributed by atoms with Crippen LogP contribution in [0, 0.1) is 0 Å². The SMILES string of the molecule is COCC1=CCN(CCOC2(C)CNC2)CC1. The molecule has 0 amide bonds. The molecule has 0 spiro atoms. The average Bonchev–Trinajstić information content (AvgIpc) is 2.30. The maximum atomic E-state index is 5.89. The molecule has 2 rings (SSSR count). The maximum absolute atomic E-state index is 5.89. The van der Waals surface area contributed by atoms with E-state index in [0.717, 1.165) is 52.4 Å². The molecule has 0 unspecified atom stereocenters. The second kappa shape index (κ2) is 5.96. The third kappa shape index (κ3) is 3.78. The number of hydrogen-bond acceptors (Lipinski definition) is 4. The van der Waals surface area contributed by atoms with E-state index in [4.69, 9.17) is 9.47 Å². The highest BCUT2D eigenvalue weighted by molar-refractivity contribution is 5.07. The first-order chi connectivity index (χ1) is 8.22. The van der Waals surface area contributed by atoms with Crippen LogP contribution in [0.1, 0.15) is 13.3 Å². The molecule has 0 aliphatic carbocycles. The minimum absolute atomic E-state index is 0.0901. The lowest BCUT2D eigenvalue weighted by molar-refractivity contribution is -0.0717. The summed E-state index contributed by atoms with van der Waals surface area (Å²) in [7, 11) is 1.76. The van der Waals surface area contributed by atoms with Crippen molar-refractivity contribution in [2.75, 3.05) is 53.0 Å². The van der Waals surface area contributed by atoms with E-state index >= 15 is 0 Å². The Balaban J connectivity index is 1.61. The quantitative estimate of drug-likeness (QED) is 0.691. The van der Waals surface area contributed by atoms with Crippen LogP contribution in [0.2, 0.25) is 0 Å². The summed E-state index contributed by atoms with van der Waals surface area (Å²) in [5, 5.41) is 3.25. The van der Waals surface area contributed by atoms with Gasteiger partial charge in [-0.3, -0.25) is 4.90 Å². The van der Waals surface area contributed by atoms with Crippen molar-refractivity contribution < 1.29 is 9.47 Å². The molecule has 4 nitrogen and oxygen atoms in total. The summed E-state index contributed by atoms with van der Waals surface area (Å²) >= 11 is 0. The van der Waals surface area contributed by atoms with Gasteiger partial charge in [-0.2, -0.15) is 0 Å². The number of rotatable bonds is 6. The predicted octanol–water partition coefficient (Wildman–Crippen LogP) is 0.643. The van der Waals surface area contributed by atoms with E-state index in [-0.39, 0.29) is 5.60 Å². The molecule has 0 saturated carbocycles. The highest BCUT2D eigenvalue weighted by atomic mass is 16.5. The first kappa shape index (κ1) is 13.0. The van der Waals surface area contributed by atoms with E-state index in [0.29, 0.717) is 0 Å². The van der Waals surface area contributed by atoms with Crippen LogP contribution in [0.25, 0.3) is 0 Å². The van der Waals surface area contributed by atoms with Crippen molar-refractivity contribution in [1.82, 2.24) is 10.2 Å². The first-order valence-electron chi connectivity index (χ1n) is 6.46. The summed E-state index contributed by atoms with van der Waals surface area (Å²) in [6.45, 7) is 8.99. The Bertz CT molecular complexity index is 275. The smallest absolute Gasteiger partial charge is 0.0902 e. The van der Waals surface area contributed by atoms with Crippen molar-refractivity contribution in [2.45, 2.75) is 18.9 Å². The Morgan fingerprint density at radius 3 is 2.82 bits per heavy atom. The van der Waals surface area contributed by atoms with E-state index in [1.54, 1.807) is 7.11 Å². The van der Waals surface area contributed by atoms with Crippen LogP contribution < -0.4 is 5.32 Å². The molecule has 0 atom stereocenters. The molecule has 4 heteroatoms. The predicted molar refractivity (Wildman–Crippen MR) is 68.2 cm³/mol. The highest BCUT2D eigenvalue weighted by Crippen LogP contribution is 2.15. The van der Waals surface area contributed by atoms with Crippen LogP contribution in [0.4, 0.5) is 0 Å². The monoisotopic (exact) mass is 240 g/mol. The van der Waals surface area contributed by atoms with Gasteiger partial charge < -0.3 is 14.8 Å². The zero-order valence-corrected chi connectivity index (χ0v) is 11.0. The molecule has 0 aromatic rings. The Hall–Kier alpha value is -0.420. The summed E-state index contributed by atoms with van der Waals surface area (Å²) in [4.78, 5) is 2.44. The molecule has 98 valence electrons. The number of methoxy groups -OCH3 is 1. The second-order valence-electron chi connectivity index (χ2n) is 5.25. The van der Waals surface area contributed by atoms with Gasteiger partial charge in [0.25, 0.3) is 0 Å². The lowest BCUT2D eigenvalue weighted by Gasteiger charge is -2.39. The van der Waals surface area contributed by atoms with Gasteiger partial charge in [-0.15, -0.1) is 0 Å². The fourth-order valence-corrected chi connectivity index (χ4v) is 2.27. The van der Waals surface area contributed by atoms with Crippen LogP contribution in [0.3, 0.4) is 0 Å². The maximum Gasteiger partial charge on any atom is 0.0902 e. The van der Waals surface area contributed by atoms with Crippen LogP contribution >= 0.6 is 0 Å². The van der Waals surface area contributed by atoms with Crippen LogP contribution in [0.5, 0.6) is 0 Å². The number of nitrogens with zero attached hydrogens (tertiary/aromatic N) is 1. The summed E-state index contributed by atoms with van der Waals surface area (Å²) in [6.07, 6.45) is 3.42. The third-order valence-electron chi connectivity index (χ3n) is 3.57. The number of hydrogen-bond donors (Lipinski definition) is 1. The number of nitrogens with one attached hydrogen (secondary N) is 1. The number of ether oxygens (including phenoxy) is 2. The molecule has 2 aliphatic rings. The van der Waals surface area contributed by atoms with Gasteiger partial charge in [0.2, 0.25) is 0 Å². The minimum atomic E-state index is 0.0901. The van der Waals surface area contributed by atoms with E-state index in [1.807, 2.05) is 0 Å². The van der Waals surface area contributed by atoms with Crippen molar-refractivity contribution in [3.8, 4) is 0 Å². The fourth-order valence-electron chi connectivity index (χ4n) is 2.27. The molecule has 1 saturated heterocycles. The first-order valence-corrected chi connectivity index (χ1v) is 6.46. The van der Waals surface area contributed by atoms with Crippen LogP contribution in [0.15, 0.2) is 11.6 Å². The standard InChI is InChI=1S/C13H24N2O2/c1-13(10-14-11-13)17-8-7-15-5-3-12(4-6-15)9-16-2/h3,14H,4-11H2,1-2H3. The average molecular weight is 240 g/mol. The van der Waals surface area contributed by atoms with Gasteiger partial charge in [-0.1, -0.05) is 6.08 Å². The Labute approximate surface area is 104 Å². The molecule has 0 aromatic carbocycles. The van der Waals surface area contributed by atoms with E-state index in [2.05, 4.69) is 23.2 Å². The van der Waals surface area contributed by atoms with Gasteiger partial charge in [0.1, 0.15) is 0 Å². The van der Waals surface area contributed by atoms with Gasteiger partial charge in [-0.25, -0.2) is 0 Å². The van der Waals surface area contributed by atoms with Gasteiger partial charge in [-0.05, 0) is 18.9 Å². The lowest BCUT2D eigenvalue weighted by Crippen LogP contribution is -2.59. The molecule has 0 aromatic heterocycles. The molecule has 0 bridgehead atoms. The molecule has 1 N–H and O–H groups in total. The summed E-state index contributed by atoms with van der Waals surface area (Å²) in [5.74, 6) is 0. The van der Waals surface area contributed by atoms with Crippen LogP contribution in [-0.4, -0.2) is 63.5 Å². The zero-order chi connectivity index (χ0) is 12.1. The summed E-state index contributed by atoms with van der Waals surface area (Å²) in [6, 6.07) is 0. The molecule has 2 aliphatic heterocycles. The van der Waals surface area contributed by atoms with E-state index in [1.165, 1.54) is 5.57 Å². The lowest BCUT2D eigenvalue weighted by atomic mass is 10.0. The molecule has 2 heterocycles. The van der Waals surface area contributed by atoms with Gasteiger partial charge >= 0.3 is 0 Å². The Morgan fingerprint density at radius 1 is 1.47 bits per heavy atom. The normalized spacial score (nSPS) is 24.2.